The number of anilines is 2. The van der Waals surface area contributed by atoms with Crippen LogP contribution in [-0.2, 0) is 14.8 Å². The van der Waals surface area contributed by atoms with E-state index in [0.717, 1.165) is 0 Å². The Kier molecular flexibility index (Phi) is 4.71. The summed E-state index contributed by atoms with van der Waals surface area (Å²) < 4.78 is 30.5. The van der Waals surface area contributed by atoms with Gasteiger partial charge in [0, 0.05) is 12.2 Å². The molecule has 1 heterocycles. The monoisotopic (exact) mass is 346 g/mol. The van der Waals surface area contributed by atoms with Crippen LogP contribution in [0.5, 0.6) is 5.75 Å². The van der Waals surface area contributed by atoms with E-state index in [-0.39, 0.29) is 18.3 Å². The maximum Gasteiger partial charge on any atom is 0.262 e. The fourth-order valence-electron chi connectivity index (χ4n) is 2.50. The summed E-state index contributed by atoms with van der Waals surface area (Å²) in [5.74, 6) is 0.533. The van der Waals surface area contributed by atoms with Crippen LogP contribution in [0.4, 0.5) is 11.4 Å². The molecule has 2 aromatic carbocycles. The summed E-state index contributed by atoms with van der Waals surface area (Å²) in [7, 11) is -3.19. The van der Waals surface area contributed by atoms with Gasteiger partial charge in [0.15, 0.2) is 6.61 Å². The molecule has 24 heavy (non-hydrogen) atoms. The van der Waals surface area contributed by atoms with E-state index in [1.165, 1.54) is 4.31 Å². The standard InChI is InChI=1S/C17H18N2O4S/c20-17(13-23-16-5-2-1-3-6-16)18-14-7-9-15(10-8-14)19-11-4-12-24(19,21)22/h1-3,5-10H,4,11-13H2,(H,18,20). The molecule has 1 saturated heterocycles. The van der Waals surface area contributed by atoms with E-state index >= 15 is 0 Å². The smallest absolute Gasteiger partial charge is 0.262 e. The summed E-state index contributed by atoms with van der Waals surface area (Å²) in [6.45, 7) is 0.408. The highest BCUT2D eigenvalue weighted by Gasteiger charge is 2.28. The fraction of sp³-hybridized carbons (Fsp3) is 0.235. The van der Waals surface area contributed by atoms with Crippen molar-refractivity contribution in [2.75, 3.05) is 28.5 Å². The molecule has 0 saturated carbocycles. The van der Waals surface area contributed by atoms with E-state index in [1.807, 2.05) is 18.2 Å². The molecule has 1 aliphatic rings. The minimum Gasteiger partial charge on any atom is -0.484 e. The SMILES string of the molecule is O=C(COc1ccccc1)Nc1ccc(N2CCCS2(=O)=O)cc1. The zero-order valence-corrected chi connectivity index (χ0v) is 13.8. The van der Waals surface area contributed by atoms with Gasteiger partial charge < -0.3 is 10.1 Å². The molecule has 0 aliphatic carbocycles. The highest BCUT2D eigenvalue weighted by molar-refractivity contribution is 7.93. The third-order valence-corrected chi connectivity index (χ3v) is 5.52. The van der Waals surface area contributed by atoms with Crippen molar-refractivity contribution < 1.29 is 17.9 Å². The number of benzene rings is 2. The lowest BCUT2D eigenvalue weighted by atomic mass is 10.2. The Bertz CT molecular complexity index is 804. The van der Waals surface area contributed by atoms with Crippen LogP contribution in [0.25, 0.3) is 0 Å². The number of nitrogens with zero attached hydrogens (tertiary/aromatic N) is 1. The Hall–Kier alpha value is -2.54. The van der Waals surface area contributed by atoms with Gasteiger partial charge in [-0.1, -0.05) is 18.2 Å². The van der Waals surface area contributed by atoms with Crippen molar-refractivity contribution in [1.82, 2.24) is 0 Å². The first-order chi connectivity index (χ1) is 11.5. The molecule has 1 amide bonds. The average Bonchev–Trinajstić information content (AvgIpc) is 2.94. The number of carbonyl (C=O) groups is 1. The average molecular weight is 346 g/mol. The number of ether oxygens (including phenoxy) is 1. The first-order valence-electron chi connectivity index (χ1n) is 7.63. The van der Waals surface area contributed by atoms with Gasteiger partial charge in [-0.3, -0.25) is 9.10 Å². The Labute approximate surface area is 141 Å². The summed E-state index contributed by atoms with van der Waals surface area (Å²) in [6, 6.07) is 15.8. The van der Waals surface area contributed by atoms with Gasteiger partial charge in [-0.05, 0) is 42.8 Å². The Balaban J connectivity index is 1.57. The summed E-state index contributed by atoms with van der Waals surface area (Å²) in [5, 5.41) is 2.72. The van der Waals surface area contributed by atoms with Crippen molar-refractivity contribution in [3.63, 3.8) is 0 Å². The van der Waals surface area contributed by atoms with Gasteiger partial charge in [-0.25, -0.2) is 8.42 Å². The molecule has 2 aromatic rings. The van der Waals surface area contributed by atoms with Crippen molar-refractivity contribution in [1.29, 1.82) is 0 Å². The van der Waals surface area contributed by atoms with Gasteiger partial charge in [0.1, 0.15) is 5.75 Å². The van der Waals surface area contributed by atoms with Crippen molar-refractivity contribution in [3.05, 3.63) is 54.6 Å². The molecule has 7 heteroatoms. The number of para-hydroxylation sites is 1. The van der Waals surface area contributed by atoms with Crippen LogP contribution in [0, 0.1) is 0 Å². The second kappa shape index (κ2) is 6.92. The highest BCUT2D eigenvalue weighted by atomic mass is 32.2. The highest BCUT2D eigenvalue weighted by Crippen LogP contribution is 2.25. The molecule has 0 radical (unpaired) electrons. The third-order valence-electron chi connectivity index (χ3n) is 3.65. The van der Waals surface area contributed by atoms with Gasteiger partial charge in [0.2, 0.25) is 10.0 Å². The largest absolute Gasteiger partial charge is 0.484 e. The van der Waals surface area contributed by atoms with Crippen molar-refractivity contribution in [3.8, 4) is 5.75 Å². The van der Waals surface area contributed by atoms with E-state index in [2.05, 4.69) is 5.32 Å². The van der Waals surface area contributed by atoms with Crippen molar-refractivity contribution in [2.45, 2.75) is 6.42 Å². The van der Waals surface area contributed by atoms with Gasteiger partial charge >= 0.3 is 0 Å². The quantitative estimate of drug-likeness (QED) is 0.901. The van der Waals surface area contributed by atoms with Crippen LogP contribution in [-0.4, -0.2) is 33.2 Å². The van der Waals surface area contributed by atoms with E-state index in [1.54, 1.807) is 36.4 Å². The number of amides is 1. The molecular formula is C17H18N2O4S. The molecular weight excluding hydrogens is 328 g/mol. The van der Waals surface area contributed by atoms with Crippen molar-refractivity contribution in [2.24, 2.45) is 0 Å². The van der Waals surface area contributed by atoms with Crippen LogP contribution in [0.3, 0.4) is 0 Å². The molecule has 0 spiro atoms. The van der Waals surface area contributed by atoms with E-state index in [0.29, 0.717) is 30.1 Å². The number of sulfonamides is 1. The molecule has 0 aromatic heterocycles. The molecule has 0 atom stereocenters. The number of hydrogen-bond acceptors (Lipinski definition) is 4. The number of carbonyl (C=O) groups excluding carboxylic acids is 1. The van der Waals surface area contributed by atoms with E-state index in [9.17, 15) is 13.2 Å². The maximum absolute atomic E-state index is 11.9. The van der Waals surface area contributed by atoms with Crippen LogP contribution in [0.15, 0.2) is 54.6 Å². The topological polar surface area (TPSA) is 75.7 Å². The second-order valence-corrected chi connectivity index (χ2v) is 7.45. The minimum atomic E-state index is -3.19. The van der Waals surface area contributed by atoms with Crippen LogP contribution >= 0.6 is 0 Å². The molecule has 3 rings (SSSR count). The minimum absolute atomic E-state index is 0.0910. The lowest BCUT2D eigenvalue weighted by Crippen LogP contribution is -2.25. The van der Waals surface area contributed by atoms with Crippen molar-refractivity contribution >= 4 is 27.3 Å². The normalized spacial score (nSPS) is 15.9. The van der Waals surface area contributed by atoms with Gasteiger partial charge in [-0.15, -0.1) is 0 Å². The zero-order valence-electron chi connectivity index (χ0n) is 13.0. The molecule has 0 unspecified atom stereocenters. The fourth-order valence-corrected chi connectivity index (χ4v) is 4.07. The van der Waals surface area contributed by atoms with Gasteiger partial charge in [0.05, 0.1) is 11.4 Å². The summed E-state index contributed by atoms with van der Waals surface area (Å²) in [5.41, 5.74) is 1.21. The maximum atomic E-state index is 11.9. The van der Waals surface area contributed by atoms with E-state index in [4.69, 9.17) is 4.74 Å². The summed E-state index contributed by atoms with van der Waals surface area (Å²) >= 11 is 0. The Morgan fingerprint density at radius 1 is 1.08 bits per heavy atom. The number of rotatable bonds is 5. The molecule has 1 aliphatic heterocycles. The lowest BCUT2D eigenvalue weighted by molar-refractivity contribution is -0.118. The molecule has 126 valence electrons. The Morgan fingerprint density at radius 3 is 2.42 bits per heavy atom. The number of nitrogens with one attached hydrogen (secondary N) is 1. The molecule has 1 fully saturated rings. The summed E-state index contributed by atoms with van der Waals surface area (Å²) in [4.78, 5) is 11.9. The van der Waals surface area contributed by atoms with Crippen LogP contribution in [0.2, 0.25) is 0 Å². The third kappa shape index (κ3) is 3.86. The first kappa shape index (κ1) is 16.3. The van der Waals surface area contributed by atoms with E-state index < -0.39 is 10.0 Å². The predicted octanol–water partition coefficient (Wildman–Crippen LogP) is 2.24. The molecule has 6 nitrogen and oxygen atoms in total. The van der Waals surface area contributed by atoms with Crippen LogP contribution in [0.1, 0.15) is 6.42 Å². The molecule has 1 N–H and O–H groups in total. The first-order valence-corrected chi connectivity index (χ1v) is 9.24. The molecule has 0 bridgehead atoms. The van der Waals surface area contributed by atoms with Gasteiger partial charge in [0.25, 0.3) is 5.91 Å². The number of hydrogen-bond donors (Lipinski definition) is 1. The second-order valence-electron chi connectivity index (χ2n) is 5.44. The summed E-state index contributed by atoms with van der Waals surface area (Å²) in [6.07, 6.45) is 0.637. The lowest BCUT2D eigenvalue weighted by Gasteiger charge is -2.17. The van der Waals surface area contributed by atoms with Crippen LogP contribution < -0.4 is 14.4 Å². The predicted molar refractivity (Wildman–Crippen MR) is 92.8 cm³/mol. The zero-order chi connectivity index (χ0) is 17.0. The van der Waals surface area contributed by atoms with Gasteiger partial charge in [-0.2, -0.15) is 0 Å². The Morgan fingerprint density at radius 2 is 1.79 bits per heavy atom.